The Morgan fingerprint density at radius 2 is 1.91 bits per heavy atom. The third-order valence-corrected chi connectivity index (χ3v) is 4.34. The first-order chi connectivity index (χ1) is 11.2. The molecule has 1 atom stereocenters. The lowest BCUT2D eigenvalue weighted by atomic mass is 10.2. The Morgan fingerprint density at radius 1 is 1.22 bits per heavy atom. The topological polar surface area (TPSA) is 55.8 Å². The SMILES string of the molecule is C[C@H](CCO)NC(=O)CCCN1CCN(c2ccccc2)CC1. The highest BCUT2D eigenvalue weighted by Gasteiger charge is 2.17. The highest BCUT2D eigenvalue weighted by Crippen LogP contribution is 2.15. The minimum atomic E-state index is 0.0573. The van der Waals surface area contributed by atoms with E-state index in [9.17, 15) is 4.79 Å². The number of carbonyl (C=O) groups is 1. The van der Waals surface area contributed by atoms with Gasteiger partial charge in [0.2, 0.25) is 5.91 Å². The summed E-state index contributed by atoms with van der Waals surface area (Å²) in [6.45, 7) is 7.22. The van der Waals surface area contributed by atoms with E-state index in [4.69, 9.17) is 5.11 Å². The Morgan fingerprint density at radius 3 is 2.57 bits per heavy atom. The van der Waals surface area contributed by atoms with Crippen molar-refractivity contribution in [1.29, 1.82) is 0 Å². The lowest BCUT2D eigenvalue weighted by Gasteiger charge is -2.36. The van der Waals surface area contributed by atoms with Crippen molar-refractivity contribution in [3.63, 3.8) is 0 Å². The second kappa shape index (κ2) is 9.53. The molecule has 1 aromatic rings. The zero-order valence-corrected chi connectivity index (χ0v) is 14.1. The highest BCUT2D eigenvalue weighted by atomic mass is 16.3. The van der Waals surface area contributed by atoms with Crippen LogP contribution < -0.4 is 10.2 Å². The number of benzene rings is 1. The number of carbonyl (C=O) groups excluding carboxylic acids is 1. The average molecular weight is 319 g/mol. The Labute approximate surface area is 139 Å². The summed E-state index contributed by atoms with van der Waals surface area (Å²) in [4.78, 5) is 16.6. The molecule has 2 N–H and O–H groups in total. The number of aliphatic hydroxyl groups is 1. The number of piperazine rings is 1. The third kappa shape index (κ3) is 6.20. The van der Waals surface area contributed by atoms with Crippen LogP contribution in [0.25, 0.3) is 0 Å². The fourth-order valence-corrected chi connectivity index (χ4v) is 2.94. The van der Waals surface area contributed by atoms with Crippen LogP contribution in [0.15, 0.2) is 30.3 Å². The molecule has 1 saturated heterocycles. The first-order valence-corrected chi connectivity index (χ1v) is 8.61. The number of rotatable bonds is 8. The van der Waals surface area contributed by atoms with Crippen molar-refractivity contribution in [3.8, 4) is 0 Å². The first-order valence-electron chi connectivity index (χ1n) is 8.61. The van der Waals surface area contributed by atoms with Crippen LogP contribution in [0, 0.1) is 0 Å². The highest BCUT2D eigenvalue weighted by molar-refractivity contribution is 5.76. The summed E-state index contributed by atoms with van der Waals surface area (Å²) in [7, 11) is 0. The molecule has 23 heavy (non-hydrogen) atoms. The van der Waals surface area contributed by atoms with E-state index < -0.39 is 0 Å². The lowest BCUT2D eigenvalue weighted by molar-refractivity contribution is -0.121. The number of amides is 1. The Hall–Kier alpha value is -1.59. The van der Waals surface area contributed by atoms with Crippen LogP contribution in [0.5, 0.6) is 0 Å². The minimum Gasteiger partial charge on any atom is -0.396 e. The molecule has 5 heteroatoms. The van der Waals surface area contributed by atoms with Crippen LogP contribution in [0.4, 0.5) is 5.69 Å². The van der Waals surface area contributed by atoms with Gasteiger partial charge in [-0.25, -0.2) is 0 Å². The fourth-order valence-electron chi connectivity index (χ4n) is 2.94. The Bertz CT molecular complexity index is 459. The van der Waals surface area contributed by atoms with Crippen LogP contribution >= 0.6 is 0 Å². The predicted octanol–water partition coefficient (Wildman–Crippen LogP) is 1.48. The summed E-state index contributed by atoms with van der Waals surface area (Å²) < 4.78 is 0. The summed E-state index contributed by atoms with van der Waals surface area (Å²) >= 11 is 0. The maximum Gasteiger partial charge on any atom is 0.220 e. The van der Waals surface area contributed by atoms with Crippen molar-refractivity contribution >= 4 is 11.6 Å². The van der Waals surface area contributed by atoms with Gasteiger partial charge in [-0.2, -0.15) is 0 Å². The van der Waals surface area contributed by atoms with Gasteiger partial charge in [-0.3, -0.25) is 9.69 Å². The number of anilines is 1. The standard InChI is InChI=1S/C18H29N3O2/c1-16(9-15-22)19-18(23)8-5-10-20-11-13-21(14-12-20)17-6-3-2-4-7-17/h2-4,6-7,16,22H,5,8-15H2,1H3,(H,19,23)/t16-/m1/s1. The number of hydrogen-bond acceptors (Lipinski definition) is 4. The van der Waals surface area contributed by atoms with Gasteiger partial charge in [-0.1, -0.05) is 18.2 Å². The van der Waals surface area contributed by atoms with Crippen LogP contribution in [0.3, 0.4) is 0 Å². The molecule has 1 aliphatic heterocycles. The molecule has 128 valence electrons. The number of aliphatic hydroxyl groups excluding tert-OH is 1. The number of nitrogens with one attached hydrogen (secondary N) is 1. The van der Waals surface area contributed by atoms with Crippen LogP contribution in [0.1, 0.15) is 26.2 Å². The molecule has 0 radical (unpaired) electrons. The van der Waals surface area contributed by atoms with Gasteiger partial charge in [-0.15, -0.1) is 0 Å². The number of para-hydroxylation sites is 1. The molecule has 0 saturated carbocycles. The molecule has 0 aliphatic carbocycles. The van der Waals surface area contributed by atoms with Crippen molar-refractivity contribution in [1.82, 2.24) is 10.2 Å². The molecule has 1 aliphatic rings. The van der Waals surface area contributed by atoms with Crippen molar-refractivity contribution in [2.45, 2.75) is 32.2 Å². The molecular weight excluding hydrogens is 290 g/mol. The Balaban J connectivity index is 1.61. The molecule has 0 spiro atoms. The zero-order valence-electron chi connectivity index (χ0n) is 14.1. The van der Waals surface area contributed by atoms with Crippen LogP contribution in [-0.2, 0) is 4.79 Å². The van der Waals surface area contributed by atoms with Crippen molar-refractivity contribution in [2.75, 3.05) is 44.2 Å². The van der Waals surface area contributed by atoms with Crippen molar-refractivity contribution < 1.29 is 9.90 Å². The molecule has 1 aromatic carbocycles. The van der Waals surface area contributed by atoms with E-state index in [0.717, 1.165) is 39.1 Å². The van der Waals surface area contributed by atoms with Gasteiger partial charge in [0.15, 0.2) is 0 Å². The van der Waals surface area contributed by atoms with E-state index in [1.54, 1.807) is 0 Å². The first kappa shape index (κ1) is 17.8. The maximum atomic E-state index is 11.8. The van der Waals surface area contributed by atoms with E-state index in [1.807, 2.05) is 13.0 Å². The molecule has 5 nitrogen and oxygen atoms in total. The van der Waals surface area contributed by atoms with Crippen LogP contribution in [-0.4, -0.2) is 61.3 Å². The van der Waals surface area contributed by atoms with Gasteiger partial charge < -0.3 is 15.3 Å². The maximum absolute atomic E-state index is 11.8. The van der Waals surface area contributed by atoms with E-state index in [0.29, 0.717) is 12.8 Å². The van der Waals surface area contributed by atoms with E-state index in [1.165, 1.54) is 5.69 Å². The molecule has 2 rings (SSSR count). The zero-order chi connectivity index (χ0) is 16.5. The van der Waals surface area contributed by atoms with Crippen LogP contribution in [0.2, 0.25) is 0 Å². The summed E-state index contributed by atoms with van der Waals surface area (Å²) in [5, 5.41) is 11.8. The largest absolute Gasteiger partial charge is 0.396 e. The average Bonchev–Trinajstić information content (AvgIpc) is 2.56. The minimum absolute atomic E-state index is 0.0573. The monoisotopic (exact) mass is 319 g/mol. The van der Waals surface area contributed by atoms with E-state index in [-0.39, 0.29) is 18.6 Å². The normalized spacial score (nSPS) is 17.0. The molecule has 1 heterocycles. The summed E-state index contributed by atoms with van der Waals surface area (Å²) in [6, 6.07) is 10.6. The number of hydrogen-bond donors (Lipinski definition) is 2. The van der Waals surface area contributed by atoms with Gasteiger partial charge >= 0.3 is 0 Å². The second-order valence-corrected chi connectivity index (χ2v) is 6.25. The van der Waals surface area contributed by atoms with E-state index >= 15 is 0 Å². The van der Waals surface area contributed by atoms with E-state index in [2.05, 4.69) is 39.4 Å². The molecule has 0 bridgehead atoms. The molecule has 0 unspecified atom stereocenters. The fraction of sp³-hybridized carbons (Fsp3) is 0.611. The Kier molecular flexibility index (Phi) is 7.36. The smallest absolute Gasteiger partial charge is 0.220 e. The summed E-state index contributed by atoms with van der Waals surface area (Å²) in [5.41, 5.74) is 1.30. The van der Waals surface area contributed by atoms with Crippen molar-refractivity contribution in [3.05, 3.63) is 30.3 Å². The van der Waals surface area contributed by atoms with Gasteiger partial charge in [0.25, 0.3) is 0 Å². The quantitative estimate of drug-likeness (QED) is 0.762. The third-order valence-electron chi connectivity index (χ3n) is 4.34. The van der Waals surface area contributed by atoms with Gasteiger partial charge in [0, 0.05) is 50.9 Å². The van der Waals surface area contributed by atoms with Gasteiger partial charge in [0.1, 0.15) is 0 Å². The molecular formula is C18H29N3O2. The number of nitrogens with zero attached hydrogens (tertiary/aromatic N) is 2. The summed E-state index contributed by atoms with van der Waals surface area (Å²) in [5.74, 6) is 0.0915. The summed E-state index contributed by atoms with van der Waals surface area (Å²) in [6.07, 6.45) is 2.07. The molecule has 0 aromatic heterocycles. The lowest BCUT2D eigenvalue weighted by Crippen LogP contribution is -2.46. The predicted molar refractivity (Wildman–Crippen MR) is 93.6 cm³/mol. The second-order valence-electron chi connectivity index (χ2n) is 6.25. The van der Waals surface area contributed by atoms with Gasteiger partial charge in [0.05, 0.1) is 0 Å². The van der Waals surface area contributed by atoms with Gasteiger partial charge in [-0.05, 0) is 38.4 Å². The molecule has 1 fully saturated rings. The van der Waals surface area contributed by atoms with Crippen molar-refractivity contribution in [2.24, 2.45) is 0 Å². The molecule has 1 amide bonds.